The van der Waals surface area contributed by atoms with Crippen LogP contribution >= 0.6 is 0 Å². The van der Waals surface area contributed by atoms with Crippen LogP contribution in [0, 0.1) is 6.92 Å². The molecule has 0 saturated carbocycles. The van der Waals surface area contributed by atoms with Gasteiger partial charge in [-0.15, -0.1) is 0 Å². The number of nitrogens with one attached hydrogen (secondary N) is 1. The zero-order chi connectivity index (χ0) is 13.5. The van der Waals surface area contributed by atoms with Crippen molar-refractivity contribution >= 4 is 15.5 Å². The van der Waals surface area contributed by atoms with Crippen molar-refractivity contribution in [1.82, 2.24) is 4.98 Å². The van der Waals surface area contributed by atoms with Crippen LogP contribution in [0.2, 0.25) is 0 Å². The Bertz CT molecular complexity index is 726. The number of anilines is 1. The Labute approximate surface area is 112 Å². The van der Waals surface area contributed by atoms with E-state index in [4.69, 9.17) is 0 Å². The Morgan fingerprint density at radius 3 is 2.84 bits per heavy atom. The topological polar surface area (TPSA) is 59.1 Å². The van der Waals surface area contributed by atoms with E-state index in [0.29, 0.717) is 4.90 Å². The Hall–Kier alpha value is -1.88. The van der Waals surface area contributed by atoms with E-state index in [1.165, 1.54) is 0 Å². The Morgan fingerprint density at radius 2 is 2.05 bits per heavy atom. The molecule has 98 valence electrons. The van der Waals surface area contributed by atoms with Crippen LogP contribution in [-0.2, 0) is 9.84 Å². The zero-order valence-corrected chi connectivity index (χ0v) is 11.3. The third-order valence-electron chi connectivity index (χ3n) is 3.38. The van der Waals surface area contributed by atoms with Gasteiger partial charge in [-0.2, -0.15) is 0 Å². The van der Waals surface area contributed by atoms with Crippen molar-refractivity contribution < 1.29 is 8.42 Å². The number of rotatable bonds is 2. The first-order valence-electron chi connectivity index (χ1n) is 6.07. The van der Waals surface area contributed by atoms with Gasteiger partial charge in [-0.05, 0) is 30.2 Å². The molecular formula is C14H14N2O2S. The van der Waals surface area contributed by atoms with Crippen molar-refractivity contribution in [2.75, 3.05) is 11.1 Å². The van der Waals surface area contributed by atoms with Crippen LogP contribution in [0.25, 0.3) is 0 Å². The van der Waals surface area contributed by atoms with Crippen LogP contribution in [0.15, 0.2) is 47.6 Å². The molecule has 0 spiro atoms. The maximum atomic E-state index is 12.1. The largest absolute Gasteiger partial charge is 0.376 e. The predicted molar refractivity (Wildman–Crippen MR) is 73.8 cm³/mol. The van der Waals surface area contributed by atoms with Gasteiger partial charge in [0.05, 0.1) is 28.6 Å². The lowest BCUT2D eigenvalue weighted by Crippen LogP contribution is -2.13. The van der Waals surface area contributed by atoms with E-state index in [2.05, 4.69) is 10.3 Å². The molecule has 19 heavy (non-hydrogen) atoms. The molecular weight excluding hydrogens is 260 g/mol. The van der Waals surface area contributed by atoms with E-state index in [1.807, 2.05) is 25.1 Å². The van der Waals surface area contributed by atoms with Crippen molar-refractivity contribution in [1.29, 1.82) is 0 Å². The fourth-order valence-corrected chi connectivity index (χ4v) is 4.11. The summed E-state index contributed by atoms with van der Waals surface area (Å²) < 4.78 is 24.2. The van der Waals surface area contributed by atoms with Gasteiger partial charge in [0.15, 0.2) is 9.84 Å². The molecule has 4 nitrogen and oxygen atoms in total. The second kappa shape index (κ2) is 4.35. The van der Waals surface area contributed by atoms with Gasteiger partial charge in [-0.3, -0.25) is 4.98 Å². The molecule has 0 radical (unpaired) electrons. The lowest BCUT2D eigenvalue weighted by Gasteiger charge is -2.15. The van der Waals surface area contributed by atoms with Gasteiger partial charge in [0, 0.05) is 6.20 Å². The third kappa shape index (κ3) is 2.10. The summed E-state index contributed by atoms with van der Waals surface area (Å²) in [6.45, 7) is 1.97. The molecule has 2 heterocycles. The first-order chi connectivity index (χ1) is 9.08. The third-order valence-corrected chi connectivity index (χ3v) is 5.20. The molecule has 1 aromatic carbocycles. The van der Waals surface area contributed by atoms with Crippen LogP contribution in [0.5, 0.6) is 0 Å². The van der Waals surface area contributed by atoms with Crippen molar-refractivity contribution in [3.63, 3.8) is 0 Å². The number of pyridine rings is 1. The Morgan fingerprint density at radius 1 is 1.26 bits per heavy atom. The molecule has 0 bridgehead atoms. The summed E-state index contributed by atoms with van der Waals surface area (Å²) in [5, 5.41) is 3.28. The molecule has 1 unspecified atom stereocenters. The summed E-state index contributed by atoms with van der Waals surface area (Å²) >= 11 is 0. The normalized spacial score (nSPS) is 19.9. The minimum absolute atomic E-state index is 0.0979. The quantitative estimate of drug-likeness (QED) is 0.913. The molecule has 0 amide bonds. The number of fused-ring (bicyclic) bond motifs is 1. The molecule has 0 fully saturated rings. The van der Waals surface area contributed by atoms with Gasteiger partial charge in [-0.25, -0.2) is 8.42 Å². The number of sulfone groups is 1. The van der Waals surface area contributed by atoms with Crippen molar-refractivity contribution in [2.45, 2.75) is 17.9 Å². The first-order valence-corrected chi connectivity index (χ1v) is 7.72. The lowest BCUT2D eigenvalue weighted by atomic mass is 10.1. The standard InChI is InChI=1S/C14H14N2O2S/c1-10-6-7-15-8-12(10)16-13-9-19(17,18)14-5-3-2-4-11(13)14/h2-8,13,16H,9H2,1H3. The minimum Gasteiger partial charge on any atom is -0.376 e. The highest BCUT2D eigenvalue weighted by Gasteiger charge is 2.34. The molecule has 1 N–H and O–H groups in total. The molecule has 2 aromatic rings. The van der Waals surface area contributed by atoms with Crippen LogP contribution in [0.3, 0.4) is 0 Å². The fourth-order valence-electron chi connectivity index (χ4n) is 2.37. The molecule has 1 aliphatic heterocycles. The Kier molecular flexibility index (Phi) is 2.78. The molecule has 0 saturated heterocycles. The van der Waals surface area contributed by atoms with E-state index in [9.17, 15) is 8.42 Å². The van der Waals surface area contributed by atoms with Gasteiger partial charge < -0.3 is 5.32 Å². The number of benzene rings is 1. The smallest absolute Gasteiger partial charge is 0.181 e. The van der Waals surface area contributed by atoms with Crippen molar-refractivity contribution in [3.05, 3.63) is 53.9 Å². The van der Waals surface area contributed by atoms with E-state index < -0.39 is 9.84 Å². The monoisotopic (exact) mass is 274 g/mol. The van der Waals surface area contributed by atoms with Crippen LogP contribution in [0.1, 0.15) is 17.2 Å². The van der Waals surface area contributed by atoms with Crippen LogP contribution in [-0.4, -0.2) is 19.2 Å². The first kappa shape index (κ1) is 12.2. The molecule has 5 heteroatoms. The SMILES string of the molecule is Cc1ccncc1NC1CS(=O)(=O)c2ccccc21. The van der Waals surface area contributed by atoms with Crippen LogP contribution in [0.4, 0.5) is 5.69 Å². The van der Waals surface area contributed by atoms with E-state index >= 15 is 0 Å². The van der Waals surface area contributed by atoms with Gasteiger partial charge in [0.1, 0.15) is 0 Å². The maximum absolute atomic E-state index is 12.1. The van der Waals surface area contributed by atoms with E-state index in [0.717, 1.165) is 16.8 Å². The maximum Gasteiger partial charge on any atom is 0.181 e. The van der Waals surface area contributed by atoms with Crippen molar-refractivity contribution in [3.8, 4) is 0 Å². The van der Waals surface area contributed by atoms with Gasteiger partial charge in [-0.1, -0.05) is 18.2 Å². The lowest BCUT2D eigenvalue weighted by molar-refractivity contribution is 0.598. The Balaban J connectivity index is 1.99. The summed E-state index contributed by atoms with van der Waals surface area (Å²) in [4.78, 5) is 4.51. The molecule has 3 rings (SSSR count). The fraction of sp³-hybridized carbons (Fsp3) is 0.214. The van der Waals surface area contributed by atoms with Gasteiger partial charge in [0.2, 0.25) is 0 Å². The predicted octanol–water partition coefficient (Wildman–Crippen LogP) is 2.33. The van der Waals surface area contributed by atoms with Crippen molar-refractivity contribution in [2.24, 2.45) is 0 Å². The molecule has 1 atom stereocenters. The summed E-state index contributed by atoms with van der Waals surface area (Å²) in [5.74, 6) is 0.0979. The summed E-state index contributed by atoms with van der Waals surface area (Å²) in [6, 6.07) is 8.85. The highest BCUT2D eigenvalue weighted by molar-refractivity contribution is 7.91. The second-order valence-electron chi connectivity index (χ2n) is 4.71. The highest BCUT2D eigenvalue weighted by atomic mass is 32.2. The average Bonchev–Trinajstić information content (AvgIpc) is 2.65. The average molecular weight is 274 g/mol. The number of aromatic nitrogens is 1. The molecule has 1 aromatic heterocycles. The second-order valence-corrected chi connectivity index (χ2v) is 6.71. The number of nitrogens with zero attached hydrogens (tertiary/aromatic N) is 1. The van der Waals surface area contributed by atoms with Gasteiger partial charge >= 0.3 is 0 Å². The van der Waals surface area contributed by atoms with E-state index in [-0.39, 0.29) is 11.8 Å². The number of aryl methyl sites for hydroxylation is 1. The zero-order valence-electron chi connectivity index (χ0n) is 10.5. The summed E-state index contributed by atoms with van der Waals surface area (Å²) in [7, 11) is -3.17. The highest BCUT2D eigenvalue weighted by Crippen LogP contribution is 2.35. The molecule has 1 aliphatic rings. The van der Waals surface area contributed by atoms with Gasteiger partial charge in [0.25, 0.3) is 0 Å². The van der Waals surface area contributed by atoms with E-state index in [1.54, 1.807) is 24.5 Å². The number of hydrogen-bond acceptors (Lipinski definition) is 4. The number of hydrogen-bond donors (Lipinski definition) is 1. The summed E-state index contributed by atoms with van der Waals surface area (Å²) in [5.41, 5.74) is 2.77. The molecule has 0 aliphatic carbocycles. The van der Waals surface area contributed by atoms with Crippen LogP contribution < -0.4 is 5.32 Å². The minimum atomic E-state index is -3.17. The summed E-state index contributed by atoms with van der Waals surface area (Å²) in [6.07, 6.45) is 3.45.